The number of rotatable bonds is 5. The number of anilines is 1. The van der Waals surface area contributed by atoms with Crippen molar-refractivity contribution in [2.45, 2.75) is 31.8 Å². The Hall–Kier alpha value is -2.22. The molecule has 3 rings (SSSR count). The second kappa shape index (κ2) is 6.49. The van der Waals surface area contributed by atoms with E-state index in [0.29, 0.717) is 24.8 Å². The number of nitrogens with zero attached hydrogens (tertiary/aromatic N) is 5. The van der Waals surface area contributed by atoms with Crippen LogP contribution in [0.5, 0.6) is 6.01 Å². The van der Waals surface area contributed by atoms with Crippen LogP contribution in [0.15, 0.2) is 12.4 Å². The maximum atomic E-state index is 10.3. The van der Waals surface area contributed by atoms with Crippen molar-refractivity contribution < 1.29 is 9.84 Å². The summed E-state index contributed by atoms with van der Waals surface area (Å²) < 4.78 is 7.00. The fourth-order valence-electron chi connectivity index (χ4n) is 3.15. The van der Waals surface area contributed by atoms with E-state index in [1.807, 2.05) is 24.6 Å². The number of hydrogen-bond acceptors (Lipinski definition) is 7. The molecule has 1 aliphatic rings. The predicted molar refractivity (Wildman–Crippen MR) is 84.3 cm³/mol. The Labute approximate surface area is 134 Å². The van der Waals surface area contributed by atoms with Crippen molar-refractivity contribution in [1.82, 2.24) is 24.7 Å². The first-order chi connectivity index (χ1) is 11.1. The molecule has 3 atom stereocenters. The molecule has 1 fully saturated rings. The number of methoxy groups -OCH3 is 1. The largest absolute Gasteiger partial charge is 0.467 e. The number of aliphatic hydroxyl groups is 1. The molecule has 0 aromatic carbocycles. The van der Waals surface area contributed by atoms with Gasteiger partial charge in [-0.25, -0.2) is 4.98 Å². The molecule has 0 aliphatic heterocycles. The third-order valence-electron chi connectivity index (χ3n) is 4.33. The number of aromatic nitrogens is 5. The summed E-state index contributed by atoms with van der Waals surface area (Å²) >= 11 is 0. The predicted octanol–water partition coefficient (Wildman–Crippen LogP) is 0.889. The summed E-state index contributed by atoms with van der Waals surface area (Å²) in [5.74, 6) is 2.04. The Morgan fingerprint density at radius 2 is 2.22 bits per heavy atom. The van der Waals surface area contributed by atoms with E-state index >= 15 is 0 Å². The standard InChI is InChI=1S/C15H22N6O2/c1-9-4-13(19-15(18-9)23-3)16-7-11-5-10(6-12(11)22)14-20-17-8-21(14)2/h4,8,10-12,22H,5-7H2,1-3H3,(H,16,18,19)/t10-,11+,12+/m0/s1. The fourth-order valence-corrected chi connectivity index (χ4v) is 3.15. The van der Waals surface area contributed by atoms with Crippen molar-refractivity contribution >= 4 is 5.82 Å². The van der Waals surface area contributed by atoms with Gasteiger partial charge < -0.3 is 19.7 Å². The summed E-state index contributed by atoms with van der Waals surface area (Å²) in [6.07, 6.45) is 2.94. The molecule has 2 aromatic heterocycles. The van der Waals surface area contributed by atoms with Crippen LogP contribution in [0, 0.1) is 12.8 Å². The van der Waals surface area contributed by atoms with Gasteiger partial charge in [0.2, 0.25) is 0 Å². The minimum absolute atomic E-state index is 0.151. The highest BCUT2D eigenvalue weighted by Crippen LogP contribution is 2.37. The van der Waals surface area contributed by atoms with Crippen LogP contribution in [0.2, 0.25) is 0 Å². The summed E-state index contributed by atoms with van der Waals surface area (Å²) in [4.78, 5) is 8.43. The van der Waals surface area contributed by atoms with Crippen LogP contribution in [0.25, 0.3) is 0 Å². The highest BCUT2D eigenvalue weighted by molar-refractivity contribution is 5.37. The van der Waals surface area contributed by atoms with Gasteiger partial charge in [0, 0.05) is 37.2 Å². The van der Waals surface area contributed by atoms with Gasteiger partial charge in [-0.3, -0.25) is 0 Å². The van der Waals surface area contributed by atoms with Crippen LogP contribution in [-0.4, -0.2) is 49.6 Å². The molecule has 124 valence electrons. The zero-order valence-electron chi connectivity index (χ0n) is 13.6. The van der Waals surface area contributed by atoms with E-state index in [9.17, 15) is 5.11 Å². The Bertz CT molecular complexity index is 674. The van der Waals surface area contributed by atoms with E-state index in [1.165, 1.54) is 0 Å². The van der Waals surface area contributed by atoms with E-state index < -0.39 is 0 Å². The lowest BCUT2D eigenvalue weighted by Gasteiger charge is -2.15. The van der Waals surface area contributed by atoms with Gasteiger partial charge in [-0.15, -0.1) is 10.2 Å². The van der Waals surface area contributed by atoms with Crippen molar-refractivity contribution in [3.05, 3.63) is 23.9 Å². The van der Waals surface area contributed by atoms with Crippen LogP contribution in [0.4, 0.5) is 5.82 Å². The Kier molecular flexibility index (Phi) is 4.42. The first-order valence-corrected chi connectivity index (χ1v) is 7.72. The molecule has 1 saturated carbocycles. The number of aryl methyl sites for hydroxylation is 2. The lowest BCUT2D eigenvalue weighted by atomic mass is 10.0. The van der Waals surface area contributed by atoms with Gasteiger partial charge in [-0.1, -0.05) is 0 Å². The molecule has 2 heterocycles. The van der Waals surface area contributed by atoms with Gasteiger partial charge in [0.15, 0.2) is 0 Å². The van der Waals surface area contributed by atoms with Crippen LogP contribution < -0.4 is 10.1 Å². The first-order valence-electron chi connectivity index (χ1n) is 7.72. The van der Waals surface area contributed by atoms with Gasteiger partial charge in [0.1, 0.15) is 18.0 Å². The molecule has 0 unspecified atom stereocenters. The zero-order chi connectivity index (χ0) is 16.4. The fraction of sp³-hybridized carbons (Fsp3) is 0.600. The highest BCUT2D eigenvalue weighted by atomic mass is 16.5. The highest BCUT2D eigenvalue weighted by Gasteiger charge is 2.35. The molecular formula is C15H22N6O2. The van der Waals surface area contributed by atoms with E-state index in [0.717, 1.165) is 17.9 Å². The lowest BCUT2D eigenvalue weighted by molar-refractivity contribution is 0.137. The van der Waals surface area contributed by atoms with Crippen molar-refractivity contribution in [2.75, 3.05) is 19.0 Å². The summed E-state index contributed by atoms with van der Waals surface area (Å²) in [6.45, 7) is 2.54. The van der Waals surface area contributed by atoms with Crippen molar-refractivity contribution in [3.63, 3.8) is 0 Å². The molecule has 0 spiro atoms. The molecule has 23 heavy (non-hydrogen) atoms. The molecule has 0 radical (unpaired) electrons. The van der Waals surface area contributed by atoms with E-state index in [2.05, 4.69) is 25.5 Å². The minimum Gasteiger partial charge on any atom is -0.467 e. The molecule has 8 nitrogen and oxygen atoms in total. The zero-order valence-corrected chi connectivity index (χ0v) is 13.6. The number of aliphatic hydroxyl groups excluding tert-OH is 1. The molecule has 0 saturated heterocycles. The number of hydrogen-bond donors (Lipinski definition) is 2. The lowest BCUT2D eigenvalue weighted by Crippen LogP contribution is -2.22. The van der Waals surface area contributed by atoms with E-state index in [4.69, 9.17) is 4.74 Å². The molecular weight excluding hydrogens is 296 g/mol. The summed E-state index contributed by atoms with van der Waals surface area (Å²) in [6, 6.07) is 2.21. The van der Waals surface area contributed by atoms with Crippen LogP contribution in [0.3, 0.4) is 0 Å². The maximum absolute atomic E-state index is 10.3. The van der Waals surface area contributed by atoms with Crippen LogP contribution in [0.1, 0.15) is 30.3 Å². The molecule has 2 aromatic rings. The van der Waals surface area contributed by atoms with Gasteiger partial charge in [0.05, 0.1) is 13.2 Å². The third-order valence-corrected chi connectivity index (χ3v) is 4.33. The minimum atomic E-state index is -0.353. The van der Waals surface area contributed by atoms with E-state index in [-0.39, 0.29) is 17.9 Å². The summed E-state index contributed by atoms with van der Waals surface area (Å²) in [5, 5.41) is 21.7. The maximum Gasteiger partial charge on any atom is 0.318 e. The molecule has 1 aliphatic carbocycles. The average molecular weight is 318 g/mol. The molecule has 8 heteroatoms. The van der Waals surface area contributed by atoms with Gasteiger partial charge in [-0.05, 0) is 19.8 Å². The summed E-state index contributed by atoms with van der Waals surface area (Å²) in [5.41, 5.74) is 0.836. The SMILES string of the molecule is COc1nc(C)cc(NC[C@H]2C[C@H](c3nncn3C)C[C@H]2O)n1. The van der Waals surface area contributed by atoms with Gasteiger partial charge in [0.25, 0.3) is 0 Å². The first kappa shape index (κ1) is 15.7. The second-order valence-corrected chi connectivity index (χ2v) is 6.06. The van der Waals surface area contributed by atoms with Crippen molar-refractivity contribution in [1.29, 1.82) is 0 Å². The second-order valence-electron chi connectivity index (χ2n) is 6.06. The summed E-state index contributed by atoms with van der Waals surface area (Å²) in [7, 11) is 3.48. The Morgan fingerprint density at radius 1 is 1.39 bits per heavy atom. The van der Waals surface area contributed by atoms with Gasteiger partial charge >= 0.3 is 6.01 Å². The number of nitrogens with one attached hydrogen (secondary N) is 1. The van der Waals surface area contributed by atoms with Gasteiger partial charge in [-0.2, -0.15) is 4.98 Å². The molecule has 2 N–H and O–H groups in total. The number of ether oxygens (including phenoxy) is 1. The van der Waals surface area contributed by atoms with Crippen LogP contribution in [-0.2, 0) is 7.05 Å². The van der Waals surface area contributed by atoms with Crippen molar-refractivity contribution in [2.24, 2.45) is 13.0 Å². The normalized spacial score (nSPS) is 23.9. The van der Waals surface area contributed by atoms with E-state index in [1.54, 1.807) is 13.4 Å². The Balaban J connectivity index is 1.63. The Morgan fingerprint density at radius 3 is 2.91 bits per heavy atom. The monoisotopic (exact) mass is 318 g/mol. The molecule has 0 amide bonds. The topological polar surface area (TPSA) is 98.0 Å². The molecule has 0 bridgehead atoms. The average Bonchev–Trinajstić information content (AvgIpc) is 3.10. The third kappa shape index (κ3) is 3.42. The van der Waals surface area contributed by atoms with Crippen LogP contribution >= 0.6 is 0 Å². The van der Waals surface area contributed by atoms with Crippen molar-refractivity contribution in [3.8, 4) is 6.01 Å². The smallest absolute Gasteiger partial charge is 0.318 e. The quantitative estimate of drug-likeness (QED) is 0.844.